The van der Waals surface area contributed by atoms with E-state index < -0.39 is 0 Å². The average molecular weight is 462 g/mol. The Morgan fingerprint density at radius 3 is 2.82 bits per heavy atom. The Kier molecular flexibility index (Phi) is 6.34. The second-order valence-corrected chi connectivity index (χ2v) is 9.28. The molecule has 1 aromatic carbocycles. The van der Waals surface area contributed by atoms with Crippen molar-refractivity contribution in [1.29, 1.82) is 0 Å². The molecule has 1 saturated heterocycles. The summed E-state index contributed by atoms with van der Waals surface area (Å²) in [6.07, 6.45) is 5.90. The van der Waals surface area contributed by atoms with Crippen LogP contribution in [0.4, 0.5) is 0 Å². The molecule has 0 unspecified atom stereocenters. The van der Waals surface area contributed by atoms with Crippen LogP contribution in [0.3, 0.4) is 0 Å². The van der Waals surface area contributed by atoms with Gasteiger partial charge in [0.25, 0.3) is 0 Å². The fourth-order valence-electron chi connectivity index (χ4n) is 4.98. The number of carbonyl (C=O) groups is 1. The standard InChI is InChI=1S/C26H31N5O3/c1-16(2)24-22-11-19(18-6-8-27-9-7-18)4-5-23(22)30-25(24)20-10-21(13-33-15-34-17(3)32)26-28-14-29-31(26)12-20/h4-5,10-12,14,16,18,27,30H,6-9,13,15H2,1-3H3. The Bertz CT molecular complexity index is 1320. The molecule has 2 N–H and O–H groups in total. The maximum atomic E-state index is 11.0. The van der Waals surface area contributed by atoms with Gasteiger partial charge >= 0.3 is 5.97 Å². The molecule has 0 radical (unpaired) electrons. The first-order valence-electron chi connectivity index (χ1n) is 11.9. The van der Waals surface area contributed by atoms with E-state index in [9.17, 15) is 4.79 Å². The van der Waals surface area contributed by atoms with E-state index >= 15 is 0 Å². The number of nitrogens with zero attached hydrogens (tertiary/aromatic N) is 3. The van der Waals surface area contributed by atoms with Gasteiger partial charge in [-0.3, -0.25) is 4.79 Å². The number of piperidine rings is 1. The van der Waals surface area contributed by atoms with Crippen LogP contribution in [0.5, 0.6) is 0 Å². The van der Waals surface area contributed by atoms with Crippen LogP contribution in [0.15, 0.2) is 36.8 Å². The number of esters is 1. The third-order valence-corrected chi connectivity index (χ3v) is 6.59. The minimum Gasteiger partial charge on any atom is -0.439 e. The number of ether oxygens (including phenoxy) is 2. The lowest BCUT2D eigenvalue weighted by Crippen LogP contribution is -2.26. The number of H-pyrrole nitrogens is 1. The number of carbonyl (C=O) groups excluding carboxylic acids is 1. The summed E-state index contributed by atoms with van der Waals surface area (Å²) in [4.78, 5) is 19.1. The van der Waals surface area contributed by atoms with Gasteiger partial charge in [0.2, 0.25) is 0 Å². The molecule has 1 aliphatic rings. The predicted octanol–water partition coefficient (Wildman–Crippen LogP) is 4.51. The zero-order chi connectivity index (χ0) is 23.7. The number of benzene rings is 1. The monoisotopic (exact) mass is 461 g/mol. The van der Waals surface area contributed by atoms with Crippen LogP contribution in [0.1, 0.15) is 62.1 Å². The SMILES string of the molecule is CC(=O)OCOCc1cc(-c2[nH]c3ccc(C4CCNCC4)cc3c2C(C)C)cn2ncnc12. The molecule has 5 rings (SSSR count). The molecule has 8 nitrogen and oxygen atoms in total. The highest BCUT2D eigenvalue weighted by Gasteiger charge is 2.21. The lowest BCUT2D eigenvalue weighted by molar-refractivity contribution is -0.154. The number of aromatic amines is 1. The van der Waals surface area contributed by atoms with Crippen molar-refractivity contribution in [2.75, 3.05) is 19.9 Å². The number of pyridine rings is 1. The van der Waals surface area contributed by atoms with Crippen molar-refractivity contribution in [3.63, 3.8) is 0 Å². The van der Waals surface area contributed by atoms with E-state index in [0.29, 0.717) is 11.8 Å². The second-order valence-electron chi connectivity index (χ2n) is 9.28. The summed E-state index contributed by atoms with van der Waals surface area (Å²) in [5, 5.41) is 9.12. The van der Waals surface area contributed by atoms with Gasteiger partial charge in [-0.1, -0.05) is 19.9 Å². The van der Waals surface area contributed by atoms with E-state index in [4.69, 9.17) is 9.47 Å². The molecule has 0 saturated carbocycles. The van der Waals surface area contributed by atoms with Gasteiger partial charge in [0.1, 0.15) is 6.33 Å². The Morgan fingerprint density at radius 2 is 2.06 bits per heavy atom. The molecule has 3 aromatic heterocycles. The first-order chi connectivity index (χ1) is 16.5. The fourth-order valence-corrected chi connectivity index (χ4v) is 4.98. The number of hydrogen-bond donors (Lipinski definition) is 2. The highest BCUT2D eigenvalue weighted by molar-refractivity contribution is 5.92. The largest absolute Gasteiger partial charge is 0.439 e. The number of aromatic nitrogens is 4. The highest BCUT2D eigenvalue weighted by atomic mass is 16.7. The minimum atomic E-state index is -0.370. The lowest BCUT2D eigenvalue weighted by Gasteiger charge is -2.23. The third-order valence-electron chi connectivity index (χ3n) is 6.59. The topological polar surface area (TPSA) is 93.5 Å². The maximum absolute atomic E-state index is 11.0. The summed E-state index contributed by atoms with van der Waals surface area (Å²) in [7, 11) is 0. The number of fused-ring (bicyclic) bond motifs is 2. The molecule has 0 aliphatic carbocycles. The van der Waals surface area contributed by atoms with Gasteiger partial charge in [-0.05, 0) is 67.1 Å². The lowest BCUT2D eigenvalue weighted by atomic mass is 9.88. The van der Waals surface area contributed by atoms with Gasteiger partial charge in [0.05, 0.1) is 12.3 Å². The summed E-state index contributed by atoms with van der Waals surface area (Å²) < 4.78 is 12.3. The molecule has 8 heteroatoms. The van der Waals surface area contributed by atoms with E-state index in [1.54, 1.807) is 4.52 Å². The van der Waals surface area contributed by atoms with Crippen LogP contribution in [-0.4, -0.2) is 45.4 Å². The normalized spacial score (nSPS) is 14.9. The summed E-state index contributed by atoms with van der Waals surface area (Å²) in [5.74, 6) is 0.573. The second kappa shape index (κ2) is 9.56. The van der Waals surface area contributed by atoms with Crippen molar-refractivity contribution in [2.24, 2.45) is 0 Å². The molecule has 1 aliphatic heterocycles. The molecule has 4 aromatic rings. The van der Waals surface area contributed by atoms with Crippen molar-refractivity contribution in [1.82, 2.24) is 24.9 Å². The fraction of sp³-hybridized carbons (Fsp3) is 0.423. The van der Waals surface area contributed by atoms with Gasteiger partial charge in [0, 0.05) is 35.2 Å². The van der Waals surface area contributed by atoms with Crippen LogP contribution < -0.4 is 5.32 Å². The van der Waals surface area contributed by atoms with Crippen molar-refractivity contribution < 1.29 is 14.3 Å². The van der Waals surface area contributed by atoms with Gasteiger partial charge in [0.15, 0.2) is 12.4 Å². The van der Waals surface area contributed by atoms with Crippen LogP contribution in [0.2, 0.25) is 0 Å². The molecular weight excluding hydrogens is 430 g/mol. The molecular formula is C26H31N5O3. The quantitative estimate of drug-likeness (QED) is 0.239. The molecule has 0 spiro atoms. The smallest absolute Gasteiger partial charge is 0.304 e. The third kappa shape index (κ3) is 4.43. The zero-order valence-corrected chi connectivity index (χ0v) is 19.9. The van der Waals surface area contributed by atoms with E-state index in [1.807, 2.05) is 6.20 Å². The van der Waals surface area contributed by atoms with E-state index in [-0.39, 0.29) is 19.4 Å². The summed E-state index contributed by atoms with van der Waals surface area (Å²) in [6.45, 7) is 8.17. The van der Waals surface area contributed by atoms with Gasteiger partial charge in [-0.15, -0.1) is 0 Å². The first kappa shape index (κ1) is 22.6. The molecule has 178 valence electrons. The number of nitrogens with one attached hydrogen (secondary N) is 2. The Morgan fingerprint density at radius 1 is 1.24 bits per heavy atom. The van der Waals surface area contributed by atoms with E-state index in [0.717, 1.165) is 41.1 Å². The van der Waals surface area contributed by atoms with Crippen molar-refractivity contribution >= 4 is 22.5 Å². The summed E-state index contributed by atoms with van der Waals surface area (Å²) in [5.41, 5.74) is 7.58. The van der Waals surface area contributed by atoms with Crippen LogP contribution in [0.25, 0.3) is 27.8 Å². The van der Waals surface area contributed by atoms with E-state index in [1.165, 1.54) is 42.6 Å². The van der Waals surface area contributed by atoms with Crippen molar-refractivity contribution in [3.05, 3.63) is 53.5 Å². The predicted molar refractivity (Wildman–Crippen MR) is 131 cm³/mol. The first-order valence-corrected chi connectivity index (χ1v) is 11.9. The molecule has 4 heterocycles. The Hall–Kier alpha value is -3.23. The molecule has 1 fully saturated rings. The number of rotatable bonds is 7. The van der Waals surface area contributed by atoms with Crippen molar-refractivity contribution in [2.45, 2.75) is 52.1 Å². The molecule has 34 heavy (non-hydrogen) atoms. The average Bonchev–Trinajstić information content (AvgIpc) is 3.46. The van der Waals surface area contributed by atoms with Crippen LogP contribution >= 0.6 is 0 Å². The Labute approximate surface area is 198 Å². The maximum Gasteiger partial charge on any atom is 0.304 e. The highest BCUT2D eigenvalue weighted by Crippen LogP contribution is 2.38. The summed E-state index contributed by atoms with van der Waals surface area (Å²) >= 11 is 0. The number of hydrogen-bond acceptors (Lipinski definition) is 6. The molecule has 0 bridgehead atoms. The van der Waals surface area contributed by atoms with Gasteiger partial charge in [-0.2, -0.15) is 5.10 Å². The zero-order valence-electron chi connectivity index (χ0n) is 19.9. The van der Waals surface area contributed by atoms with Crippen molar-refractivity contribution in [3.8, 4) is 11.3 Å². The Balaban J connectivity index is 1.55. The summed E-state index contributed by atoms with van der Waals surface area (Å²) in [6, 6.07) is 8.97. The van der Waals surface area contributed by atoms with Crippen LogP contribution in [0, 0.1) is 0 Å². The van der Waals surface area contributed by atoms with E-state index in [2.05, 4.69) is 58.5 Å². The van der Waals surface area contributed by atoms with Crippen LogP contribution in [-0.2, 0) is 20.9 Å². The van der Waals surface area contributed by atoms with Gasteiger partial charge in [-0.25, -0.2) is 9.50 Å². The minimum absolute atomic E-state index is 0.0943. The molecule has 0 atom stereocenters. The van der Waals surface area contributed by atoms with Gasteiger partial charge < -0.3 is 19.8 Å². The molecule has 0 amide bonds.